The number of hydrogen-bond acceptors (Lipinski definition) is 7. The summed E-state index contributed by atoms with van der Waals surface area (Å²) in [6.07, 6.45) is 2.91. The predicted octanol–water partition coefficient (Wildman–Crippen LogP) is 4.27. The van der Waals surface area contributed by atoms with E-state index in [2.05, 4.69) is 21.5 Å². The number of amides is 1. The van der Waals surface area contributed by atoms with Gasteiger partial charge in [-0.1, -0.05) is 32.6 Å². The van der Waals surface area contributed by atoms with Gasteiger partial charge in [-0.25, -0.2) is 23.1 Å². The van der Waals surface area contributed by atoms with Gasteiger partial charge in [-0.3, -0.25) is 9.78 Å². The molecule has 1 aromatic carbocycles. The number of aliphatic hydroxyl groups excluding tert-OH is 1. The lowest BCUT2D eigenvalue weighted by Gasteiger charge is -2.40. The van der Waals surface area contributed by atoms with Crippen molar-refractivity contribution in [3.63, 3.8) is 0 Å². The summed E-state index contributed by atoms with van der Waals surface area (Å²) >= 11 is 0. The normalized spacial score (nSPS) is 15.5. The van der Waals surface area contributed by atoms with E-state index in [-0.39, 0.29) is 51.5 Å². The summed E-state index contributed by atoms with van der Waals surface area (Å²) in [6.45, 7) is 11.7. The lowest BCUT2D eigenvalue weighted by atomic mass is 10.0. The van der Waals surface area contributed by atoms with Crippen LogP contribution in [-0.4, -0.2) is 61.1 Å². The van der Waals surface area contributed by atoms with E-state index >= 15 is 8.78 Å². The number of pyridine rings is 2. The van der Waals surface area contributed by atoms with Crippen LogP contribution < -0.4 is 10.6 Å². The minimum absolute atomic E-state index is 0.0725. The zero-order valence-corrected chi connectivity index (χ0v) is 23.9. The van der Waals surface area contributed by atoms with Gasteiger partial charge in [0.05, 0.1) is 23.4 Å². The monoisotopic (exact) mass is 574 g/mol. The Balaban J connectivity index is 1.84. The number of hydrogen-bond donors (Lipinski definition) is 1. The fourth-order valence-corrected chi connectivity index (χ4v) is 5.55. The number of aromatic nitrogens is 4. The Morgan fingerprint density at radius 2 is 1.95 bits per heavy atom. The lowest BCUT2D eigenvalue weighted by Crippen LogP contribution is -2.54. The van der Waals surface area contributed by atoms with Crippen molar-refractivity contribution < 1.29 is 18.7 Å². The molecule has 4 heterocycles. The average Bonchev–Trinajstić information content (AvgIpc) is 2.96. The van der Waals surface area contributed by atoms with Gasteiger partial charge in [-0.15, -0.1) is 0 Å². The van der Waals surface area contributed by atoms with Crippen LogP contribution in [0.1, 0.15) is 43.5 Å². The van der Waals surface area contributed by atoms with Crippen molar-refractivity contribution in [2.24, 2.45) is 0 Å². The van der Waals surface area contributed by atoms with Gasteiger partial charge >= 0.3 is 5.69 Å². The van der Waals surface area contributed by atoms with Crippen LogP contribution in [0.3, 0.4) is 0 Å². The third-order valence-corrected chi connectivity index (χ3v) is 7.62. The number of anilines is 1. The summed E-state index contributed by atoms with van der Waals surface area (Å²) in [5.41, 5.74) is 0.860. The SMILES string of the molecule is C=CC(=O)N1CCN(c2nc(=O)n(-c3c(C)ccnc3C(C)C)c3nc(-c4c(F)cccc4CO)c(F)cc23)[C@@H](C)C1. The number of benzene rings is 1. The molecule has 0 unspecified atom stereocenters. The molecule has 0 spiro atoms. The third kappa shape index (κ3) is 4.94. The van der Waals surface area contributed by atoms with Crippen molar-refractivity contribution in [2.45, 2.75) is 46.3 Å². The molecule has 0 radical (unpaired) electrons. The Morgan fingerprint density at radius 3 is 2.62 bits per heavy atom. The van der Waals surface area contributed by atoms with Gasteiger partial charge in [0, 0.05) is 37.4 Å². The Kier molecular flexibility index (Phi) is 7.87. The smallest absolute Gasteiger partial charge is 0.355 e. The topological polar surface area (TPSA) is 104 Å². The van der Waals surface area contributed by atoms with Gasteiger partial charge in [0.2, 0.25) is 5.91 Å². The predicted molar refractivity (Wildman–Crippen MR) is 157 cm³/mol. The summed E-state index contributed by atoms with van der Waals surface area (Å²) in [6, 6.07) is 6.78. The highest BCUT2D eigenvalue weighted by Crippen LogP contribution is 2.35. The number of halogens is 2. The quantitative estimate of drug-likeness (QED) is 0.343. The molecule has 4 aromatic rings. The largest absolute Gasteiger partial charge is 0.392 e. The van der Waals surface area contributed by atoms with Crippen LogP contribution in [0.25, 0.3) is 28.0 Å². The first-order valence-corrected chi connectivity index (χ1v) is 13.7. The standard InChI is InChI=1S/C31H32F2N6O3/c1-6-24(41)37-12-13-38(19(5)15-37)29-21-14-23(33)27(25-20(16-40)8-7-9-22(25)32)35-30(21)39(31(42)36-29)28-18(4)10-11-34-26(28)17(2)3/h6-11,14,17,19,40H,1,12-13,15-16H2,2-5H3/t19-/m0/s1. The Hall–Kier alpha value is -4.51. The van der Waals surface area contributed by atoms with E-state index in [4.69, 9.17) is 0 Å². The zero-order valence-electron chi connectivity index (χ0n) is 23.9. The first-order valence-electron chi connectivity index (χ1n) is 13.7. The van der Waals surface area contributed by atoms with E-state index < -0.39 is 23.9 Å². The minimum atomic E-state index is -0.837. The van der Waals surface area contributed by atoms with Gasteiger partial charge < -0.3 is 14.9 Å². The maximum absolute atomic E-state index is 16.0. The molecule has 0 saturated carbocycles. The van der Waals surface area contributed by atoms with Crippen LogP contribution in [0.5, 0.6) is 0 Å². The third-order valence-electron chi connectivity index (χ3n) is 7.62. The van der Waals surface area contributed by atoms with Crippen LogP contribution >= 0.6 is 0 Å². The van der Waals surface area contributed by atoms with Crippen LogP contribution in [0.2, 0.25) is 0 Å². The van der Waals surface area contributed by atoms with Crippen molar-refractivity contribution in [3.8, 4) is 16.9 Å². The number of aryl methyl sites for hydroxylation is 1. The highest BCUT2D eigenvalue weighted by Gasteiger charge is 2.31. The summed E-state index contributed by atoms with van der Waals surface area (Å²) in [5, 5.41) is 10.2. The fourth-order valence-electron chi connectivity index (χ4n) is 5.55. The molecule has 9 nitrogen and oxygen atoms in total. The maximum Gasteiger partial charge on any atom is 0.355 e. The molecular formula is C31H32F2N6O3. The van der Waals surface area contributed by atoms with E-state index in [1.54, 1.807) is 17.2 Å². The van der Waals surface area contributed by atoms with Crippen molar-refractivity contribution in [2.75, 3.05) is 24.5 Å². The van der Waals surface area contributed by atoms with E-state index in [9.17, 15) is 14.7 Å². The molecule has 1 aliphatic rings. The maximum atomic E-state index is 16.0. The van der Waals surface area contributed by atoms with Crippen LogP contribution in [0.4, 0.5) is 14.6 Å². The molecule has 0 aliphatic carbocycles. The van der Waals surface area contributed by atoms with Gasteiger partial charge in [0.25, 0.3) is 0 Å². The highest BCUT2D eigenvalue weighted by atomic mass is 19.1. The molecule has 11 heteroatoms. The first-order chi connectivity index (χ1) is 20.1. The Morgan fingerprint density at radius 1 is 1.19 bits per heavy atom. The molecule has 1 N–H and O–H groups in total. The van der Waals surface area contributed by atoms with Crippen molar-refractivity contribution in [1.29, 1.82) is 0 Å². The lowest BCUT2D eigenvalue weighted by molar-refractivity contribution is -0.126. The molecule has 1 saturated heterocycles. The van der Waals surface area contributed by atoms with Crippen molar-refractivity contribution in [3.05, 3.63) is 88.1 Å². The van der Waals surface area contributed by atoms with Gasteiger partial charge in [0.15, 0.2) is 5.65 Å². The second-order valence-corrected chi connectivity index (χ2v) is 10.7. The second kappa shape index (κ2) is 11.4. The molecule has 5 rings (SSSR count). The molecular weight excluding hydrogens is 542 g/mol. The Labute approximate surface area is 241 Å². The summed E-state index contributed by atoms with van der Waals surface area (Å²) < 4.78 is 32.4. The fraction of sp³-hybridized carbons (Fsp3) is 0.323. The number of nitrogens with zero attached hydrogens (tertiary/aromatic N) is 6. The number of aliphatic hydroxyl groups is 1. The number of fused-ring (bicyclic) bond motifs is 1. The van der Waals surface area contributed by atoms with Crippen molar-refractivity contribution in [1.82, 2.24) is 24.4 Å². The number of rotatable bonds is 6. The van der Waals surface area contributed by atoms with Crippen LogP contribution in [-0.2, 0) is 11.4 Å². The summed E-state index contributed by atoms with van der Waals surface area (Å²) in [4.78, 5) is 43.2. The molecule has 42 heavy (non-hydrogen) atoms. The second-order valence-electron chi connectivity index (χ2n) is 10.7. The molecule has 218 valence electrons. The average molecular weight is 575 g/mol. The zero-order chi connectivity index (χ0) is 30.3. The molecule has 1 amide bonds. The van der Waals surface area contributed by atoms with E-state index in [1.807, 2.05) is 32.6 Å². The number of piperazine rings is 1. The van der Waals surface area contributed by atoms with Crippen LogP contribution in [0, 0.1) is 18.6 Å². The summed E-state index contributed by atoms with van der Waals surface area (Å²) in [5.74, 6) is -1.66. The number of carbonyl (C=O) groups is 1. The molecule has 3 aromatic heterocycles. The molecule has 1 aliphatic heterocycles. The van der Waals surface area contributed by atoms with E-state index in [0.717, 1.165) is 5.56 Å². The van der Waals surface area contributed by atoms with Crippen LogP contribution in [0.15, 0.2) is 54.0 Å². The molecule has 1 fully saturated rings. The van der Waals surface area contributed by atoms with E-state index in [1.165, 1.54) is 34.9 Å². The van der Waals surface area contributed by atoms with Crippen molar-refractivity contribution >= 4 is 22.8 Å². The van der Waals surface area contributed by atoms with Gasteiger partial charge in [-0.2, -0.15) is 4.98 Å². The first kappa shape index (κ1) is 29.0. The number of carbonyl (C=O) groups excluding carboxylic acids is 1. The van der Waals surface area contributed by atoms with Gasteiger partial charge in [-0.05, 0) is 55.2 Å². The highest BCUT2D eigenvalue weighted by molar-refractivity contribution is 5.91. The molecule has 1 atom stereocenters. The minimum Gasteiger partial charge on any atom is -0.392 e. The van der Waals surface area contributed by atoms with Gasteiger partial charge in [0.1, 0.15) is 23.1 Å². The summed E-state index contributed by atoms with van der Waals surface area (Å²) in [7, 11) is 0. The van der Waals surface area contributed by atoms with E-state index in [0.29, 0.717) is 31.0 Å². The Bertz CT molecular complexity index is 1770. The molecule has 0 bridgehead atoms.